The molecule has 0 aromatic heterocycles. The van der Waals surface area contributed by atoms with E-state index in [0.717, 1.165) is 19.3 Å². The molecule has 0 radical (unpaired) electrons. The first-order chi connectivity index (χ1) is 12.7. The van der Waals surface area contributed by atoms with E-state index in [-0.39, 0.29) is 12.6 Å². The first-order valence-corrected chi connectivity index (χ1v) is 9.69. The Bertz CT molecular complexity index is 604. The summed E-state index contributed by atoms with van der Waals surface area (Å²) in [5, 5.41) is 12.0. The van der Waals surface area contributed by atoms with Gasteiger partial charge in [-0.15, -0.1) is 0 Å². The van der Waals surface area contributed by atoms with E-state index in [9.17, 15) is 9.59 Å². The summed E-state index contributed by atoms with van der Waals surface area (Å²) in [6.45, 7) is 7.64. The second-order valence-electron chi connectivity index (χ2n) is 8.28. The highest BCUT2D eigenvalue weighted by Crippen LogP contribution is 2.28. The molecule has 0 aliphatic carbocycles. The minimum Gasteiger partial charge on any atom is -0.480 e. The summed E-state index contributed by atoms with van der Waals surface area (Å²) < 4.78 is 5.47. The summed E-state index contributed by atoms with van der Waals surface area (Å²) in [4.78, 5) is 24.9. The van der Waals surface area contributed by atoms with E-state index in [2.05, 4.69) is 17.4 Å². The number of aliphatic carboxylic acids is 1. The topological polar surface area (TPSA) is 78.9 Å². The summed E-state index contributed by atoms with van der Waals surface area (Å²) in [5.41, 5.74) is 0.777. The van der Waals surface area contributed by atoms with Crippen molar-refractivity contribution < 1.29 is 19.4 Å². The molecule has 6 heteroatoms. The van der Waals surface area contributed by atoms with Crippen LogP contribution in [0, 0.1) is 11.8 Å². The molecular weight excluding hydrogens is 344 g/mol. The largest absolute Gasteiger partial charge is 0.480 e. The quantitative estimate of drug-likeness (QED) is 0.764. The van der Waals surface area contributed by atoms with Crippen LogP contribution < -0.4 is 5.32 Å². The third kappa shape index (κ3) is 7.59. The normalized spacial score (nSPS) is 16.8. The van der Waals surface area contributed by atoms with Crippen LogP contribution in [0.1, 0.15) is 39.2 Å². The Labute approximate surface area is 161 Å². The van der Waals surface area contributed by atoms with Gasteiger partial charge in [0.1, 0.15) is 5.60 Å². The highest BCUT2D eigenvalue weighted by Gasteiger charge is 2.30. The van der Waals surface area contributed by atoms with Crippen molar-refractivity contribution >= 4 is 12.1 Å². The Morgan fingerprint density at radius 1 is 1.22 bits per heavy atom. The van der Waals surface area contributed by atoms with Crippen LogP contribution in [-0.2, 0) is 16.0 Å². The number of piperidine rings is 1. The van der Waals surface area contributed by atoms with Gasteiger partial charge in [0.2, 0.25) is 0 Å². The molecule has 0 bridgehead atoms. The average Bonchev–Trinajstić information content (AvgIpc) is 2.60. The van der Waals surface area contributed by atoms with Gasteiger partial charge in [0.25, 0.3) is 0 Å². The molecule has 1 heterocycles. The number of nitrogens with one attached hydrogen (secondary N) is 1. The highest BCUT2D eigenvalue weighted by molar-refractivity contribution is 5.69. The molecule has 1 unspecified atom stereocenters. The summed E-state index contributed by atoms with van der Waals surface area (Å²) in [6, 6.07) is 10.3. The van der Waals surface area contributed by atoms with Crippen molar-refractivity contribution in [3.05, 3.63) is 35.9 Å². The Balaban J connectivity index is 1.93. The number of rotatable bonds is 7. The van der Waals surface area contributed by atoms with Crippen LogP contribution in [-0.4, -0.2) is 53.8 Å². The van der Waals surface area contributed by atoms with Crippen molar-refractivity contribution in [2.24, 2.45) is 11.8 Å². The zero-order valence-corrected chi connectivity index (χ0v) is 16.6. The molecule has 1 aliphatic heterocycles. The maximum atomic E-state index is 12.3. The molecule has 1 atom stereocenters. The van der Waals surface area contributed by atoms with Gasteiger partial charge in [-0.2, -0.15) is 0 Å². The summed E-state index contributed by atoms with van der Waals surface area (Å²) >= 11 is 0. The fourth-order valence-electron chi connectivity index (χ4n) is 3.57. The predicted molar refractivity (Wildman–Crippen MR) is 105 cm³/mol. The maximum Gasteiger partial charge on any atom is 0.410 e. The van der Waals surface area contributed by atoms with Crippen LogP contribution in [0.15, 0.2) is 30.3 Å². The zero-order chi connectivity index (χ0) is 19.9. The molecule has 1 saturated heterocycles. The summed E-state index contributed by atoms with van der Waals surface area (Å²) in [5.74, 6) is -0.0501. The number of ether oxygens (including phenoxy) is 1. The number of nitrogens with zero attached hydrogens (tertiary/aromatic N) is 1. The van der Waals surface area contributed by atoms with Crippen molar-refractivity contribution in [3.63, 3.8) is 0 Å². The van der Waals surface area contributed by atoms with Gasteiger partial charge in [-0.3, -0.25) is 4.79 Å². The van der Waals surface area contributed by atoms with Gasteiger partial charge >= 0.3 is 12.1 Å². The van der Waals surface area contributed by atoms with Gasteiger partial charge in [0.05, 0.1) is 6.54 Å². The SMILES string of the molecule is CC(C)(C)OC(=O)N1CCC(C(CNCC(=O)O)Cc2ccccc2)CC1. The lowest BCUT2D eigenvalue weighted by atomic mass is 9.80. The van der Waals surface area contributed by atoms with Gasteiger partial charge in [0.15, 0.2) is 0 Å². The van der Waals surface area contributed by atoms with Crippen LogP contribution in [0.4, 0.5) is 4.79 Å². The minimum absolute atomic E-state index is 0.0258. The number of carboxylic acids is 1. The smallest absolute Gasteiger partial charge is 0.410 e. The van der Waals surface area contributed by atoms with Gasteiger partial charge in [-0.05, 0) is 64.0 Å². The molecule has 1 aliphatic rings. The number of likely N-dealkylation sites (tertiary alicyclic amines) is 1. The maximum absolute atomic E-state index is 12.3. The van der Waals surface area contributed by atoms with Gasteiger partial charge < -0.3 is 20.1 Å². The zero-order valence-electron chi connectivity index (χ0n) is 16.6. The van der Waals surface area contributed by atoms with Crippen LogP contribution in [0.2, 0.25) is 0 Å². The molecule has 150 valence electrons. The average molecular weight is 376 g/mol. The Morgan fingerprint density at radius 3 is 2.41 bits per heavy atom. The molecule has 0 saturated carbocycles. The standard InChI is InChI=1S/C21H32N2O4/c1-21(2,3)27-20(26)23-11-9-17(10-12-23)18(14-22-15-19(24)25)13-16-7-5-4-6-8-16/h4-8,17-18,22H,9-15H2,1-3H3,(H,24,25). The van der Waals surface area contributed by atoms with Crippen molar-refractivity contribution in [1.29, 1.82) is 0 Å². The van der Waals surface area contributed by atoms with Crippen molar-refractivity contribution in [2.45, 2.75) is 45.6 Å². The van der Waals surface area contributed by atoms with Crippen molar-refractivity contribution in [2.75, 3.05) is 26.2 Å². The Kier molecular flexibility index (Phi) is 7.66. The number of carboxylic acid groups (broad SMARTS) is 1. The molecule has 1 aromatic carbocycles. The van der Waals surface area contributed by atoms with E-state index >= 15 is 0 Å². The van der Waals surface area contributed by atoms with Crippen LogP contribution in [0.3, 0.4) is 0 Å². The van der Waals surface area contributed by atoms with E-state index in [4.69, 9.17) is 9.84 Å². The third-order valence-corrected chi connectivity index (χ3v) is 4.88. The van der Waals surface area contributed by atoms with E-state index in [0.29, 0.717) is 31.5 Å². The number of hydrogen-bond acceptors (Lipinski definition) is 4. The molecule has 1 amide bonds. The molecule has 1 aromatic rings. The fourth-order valence-corrected chi connectivity index (χ4v) is 3.57. The monoisotopic (exact) mass is 376 g/mol. The molecule has 2 N–H and O–H groups in total. The van der Waals surface area contributed by atoms with Gasteiger partial charge in [-0.25, -0.2) is 4.79 Å². The number of carbonyl (C=O) groups excluding carboxylic acids is 1. The van der Waals surface area contributed by atoms with Gasteiger partial charge in [-0.1, -0.05) is 30.3 Å². The van der Waals surface area contributed by atoms with Gasteiger partial charge in [0, 0.05) is 13.1 Å². The highest BCUT2D eigenvalue weighted by atomic mass is 16.6. The molecule has 1 fully saturated rings. The van der Waals surface area contributed by atoms with Crippen LogP contribution in [0.25, 0.3) is 0 Å². The molecule has 0 spiro atoms. The van der Waals surface area contributed by atoms with E-state index in [1.807, 2.05) is 39.0 Å². The van der Waals surface area contributed by atoms with Crippen molar-refractivity contribution in [1.82, 2.24) is 10.2 Å². The first-order valence-electron chi connectivity index (χ1n) is 9.69. The Hall–Kier alpha value is -2.08. The van der Waals surface area contributed by atoms with Crippen LogP contribution >= 0.6 is 0 Å². The lowest BCUT2D eigenvalue weighted by Crippen LogP contribution is -2.44. The van der Waals surface area contributed by atoms with Crippen molar-refractivity contribution in [3.8, 4) is 0 Å². The summed E-state index contributed by atoms with van der Waals surface area (Å²) in [7, 11) is 0. The second kappa shape index (κ2) is 9.74. The fraction of sp³-hybridized carbons (Fsp3) is 0.619. The molecule has 27 heavy (non-hydrogen) atoms. The predicted octanol–water partition coefficient (Wildman–Crippen LogP) is 3.17. The second-order valence-corrected chi connectivity index (χ2v) is 8.28. The Morgan fingerprint density at radius 2 is 1.85 bits per heavy atom. The molecule has 6 nitrogen and oxygen atoms in total. The number of benzene rings is 1. The number of amides is 1. The lowest BCUT2D eigenvalue weighted by molar-refractivity contribution is -0.136. The molecular formula is C21H32N2O4. The van der Waals surface area contributed by atoms with E-state index in [1.54, 1.807) is 4.90 Å². The number of hydrogen-bond donors (Lipinski definition) is 2. The number of carbonyl (C=O) groups is 2. The minimum atomic E-state index is -0.840. The molecule has 2 rings (SSSR count). The lowest BCUT2D eigenvalue weighted by Gasteiger charge is -2.37. The third-order valence-electron chi connectivity index (χ3n) is 4.88. The first kappa shape index (κ1) is 21.2. The van der Waals surface area contributed by atoms with Crippen LogP contribution in [0.5, 0.6) is 0 Å². The van der Waals surface area contributed by atoms with E-state index in [1.165, 1.54) is 5.56 Å². The summed E-state index contributed by atoms with van der Waals surface area (Å²) in [6.07, 6.45) is 2.48. The van der Waals surface area contributed by atoms with E-state index < -0.39 is 11.6 Å².